The van der Waals surface area contributed by atoms with E-state index in [-0.39, 0.29) is 11.8 Å². The SMILES string of the molecule is O=C(NNC(=O)c1c[nH]c2ccccc12)c1cccc(NC(=O)C2CC2)c1. The van der Waals surface area contributed by atoms with Gasteiger partial charge in [-0.3, -0.25) is 25.2 Å². The highest BCUT2D eigenvalue weighted by Crippen LogP contribution is 2.30. The number of hydrazine groups is 1. The van der Waals surface area contributed by atoms with Crippen LogP contribution in [0.1, 0.15) is 33.6 Å². The van der Waals surface area contributed by atoms with Crippen LogP contribution in [0.4, 0.5) is 5.69 Å². The predicted molar refractivity (Wildman–Crippen MR) is 101 cm³/mol. The first-order valence-corrected chi connectivity index (χ1v) is 8.69. The molecule has 1 aliphatic carbocycles. The van der Waals surface area contributed by atoms with Gasteiger partial charge in [0.15, 0.2) is 0 Å². The highest BCUT2D eigenvalue weighted by molar-refractivity contribution is 6.07. The molecule has 1 aliphatic rings. The fourth-order valence-corrected chi connectivity index (χ4v) is 2.84. The summed E-state index contributed by atoms with van der Waals surface area (Å²) >= 11 is 0. The van der Waals surface area contributed by atoms with Crippen molar-refractivity contribution in [1.29, 1.82) is 0 Å². The van der Waals surface area contributed by atoms with Crippen LogP contribution in [0.15, 0.2) is 54.7 Å². The van der Waals surface area contributed by atoms with Gasteiger partial charge >= 0.3 is 0 Å². The van der Waals surface area contributed by atoms with Crippen LogP contribution in [-0.2, 0) is 4.79 Å². The van der Waals surface area contributed by atoms with Gasteiger partial charge in [-0.25, -0.2) is 0 Å². The molecule has 4 N–H and O–H groups in total. The van der Waals surface area contributed by atoms with E-state index in [9.17, 15) is 14.4 Å². The highest BCUT2D eigenvalue weighted by atomic mass is 16.2. The lowest BCUT2D eigenvalue weighted by Gasteiger charge is -2.09. The number of fused-ring (bicyclic) bond motifs is 1. The Labute approximate surface area is 155 Å². The van der Waals surface area contributed by atoms with Crippen molar-refractivity contribution < 1.29 is 14.4 Å². The van der Waals surface area contributed by atoms with E-state index in [1.807, 2.05) is 24.3 Å². The Hall–Kier alpha value is -3.61. The molecule has 27 heavy (non-hydrogen) atoms. The van der Waals surface area contributed by atoms with Gasteiger partial charge in [0.25, 0.3) is 11.8 Å². The number of benzene rings is 2. The van der Waals surface area contributed by atoms with Crippen molar-refractivity contribution in [2.45, 2.75) is 12.8 Å². The zero-order valence-electron chi connectivity index (χ0n) is 14.4. The van der Waals surface area contributed by atoms with Crippen LogP contribution in [0.3, 0.4) is 0 Å². The maximum absolute atomic E-state index is 12.3. The largest absolute Gasteiger partial charge is 0.360 e. The number of nitrogens with one attached hydrogen (secondary N) is 4. The molecule has 0 aliphatic heterocycles. The molecule has 0 saturated heterocycles. The van der Waals surface area contributed by atoms with E-state index in [4.69, 9.17) is 0 Å². The highest BCUT2D eigenvalue weighted by Gasteiger charge is 2.29. The van der Waals surface area contributed by atoms with Gasteiger partial charge in [0, 0.05) is 34.3 Å². The molecule has 3 amide bonds. The Kier molecular flexibility index (Phi) is 4.33. The normalized spacial score (nSPS) is 13.2. The number of rotatable bonds is 4. The number of anilines is 1. The number of aromatic nitrogens is 1. The molecule has 136 valence electrons. The molecule has 0 spiro atoms. The molecule has 2 aromatic carbocycles. The van der Waals surface area contributed by atoms with E-state index in [0.717, 1.165) is 23.7 Å². The van der Waals surface area contributed by atoms with Gasteiger partial charge in [-0.2, -0.15) is 0 Å². The first-order chi connectivity index (χ1) is 13.1. The minimum absolute atomic E-state index is 0.0276. The lowest BCUT2D eigenvalue weighted by molar-refractivity contribution is -0.117. The van der Waals surface area contributed by atoms with Crippen molar-refractivity contribution in [3.8, 4) is 0 Å². The minimum atomic E-state index is -0.467. The average Bonchev–Trinajstić information content (AvgIpc) is 3.45. The van der Waals surface area contributed by atoms with Crippen LogP contribution in [0.2, 0.25) is 0 Å². The molecular weight excluding hydrogens is 344 g/mol. The number of hydrogen-bond donors (Lipinski definition) is 4. The monoisotopic (exact) mass is 362 g/mol. The number of H-pyrrole nitrogens is 1. The van der Waals surface area contributed by atoms with Crippen LogP contribution in [0, 0.1) is 5.92 Å². The smallest absolute Gasteiger partial charge is 0.271 e. The van der Waals surface area contributed by atoms with Crippen molar-refractivity contribution in [1.82, 2.24) is 15.8 Å². The molecule has 1 saturated carbocycles. The first-order valence-electron chi connectivity index (χ1n) is 8.69. The van der Waals surface area contributed by atoms with E-state index in [2.05, 4.69) is 21.2 Å². The molecule has 7 nitrogen and oxygen atoms in total. The number of aromatic amines is 1. The van der Waals surface area contributed by atoms with Gasteiger partial charge in [-0.15, -0.1) is 0 Å². The summed E-state index contributed by atoms with van der Waals surface area (Å²) in [5, 5.41) is 3.57. The molecule has 0 atom stereocenters. The first kappa shape index (κ1) is 16.8. The lowest BCUT2D eigenvalue weighted by Crippen LogP contribution is -2.41. The second kappa shape index (κ2) is 6.95. The molecular formula is C20H18N4O3. The molecule has 7 heteroatoms. The van der Waals surface area contributed by atoms with Crippen molar-refractivity contribution in [3.05, 3.63) is 65.9 Å². The molecule has 0 unspecified atom stereocenters. The van der Waals surface area contributed by atoms with E-state index in [1.165, 1.54) is 0 Å². The summed E-state index contributed by atoms with van der Waals surface area (Å²) in [7, 11) is 0. The van der Waals surface area contributed by atoms with Crippen molar-refractivity contribution >= 4 is 34.3 Å². The second-order valence-electron chi connectivity index (χ2n) is 6.50. The molecule has 0 bridgehead atoms. The zero-order chi connectivity index (χ0) is 18.8. The fourth-order valence-electron chi connectivity index (χ4n) is 2.84. The Bertz CT molecular complexity index is 1040. The Balaban J connectivity index is 1.40. The van der Waals surface area contributed by atoms with E-state index >= 15 is 0 Å². The maximum atomic E-state index is 12.3. The van der Waals surface area contributed by atoms with Crippen LogP contribution >= 0.6 is 0 Å². The van der Waals surface area contributed by atoms with Crippen LogP contribution < -0.4 is 16.2 Å². The number of para-hydroxylation sites is 1. The quantitative estimate of drug-likeness (QED) is 0.536. The number of carbonyl (C=O) groups excluding carboxylic acids is 3. The lowest BCUT2D eigenvalue weighted by atomic mass is 10.1. The summed E-state index contributed by atoms with van der Waals surface area (Å²) in [4.78, 5) is 39.5. The number of amides is 3. The summed E-state index contributed by atoms with van der Waals surface area (Å²) in [5.41, 5.74) is 7.00. The molecule has 0 radical (unpaired) electrons. The van der Waals surface area contributed by atoms with Crippen LogP contribution in [-0.4, -0.2) is 22.7 Å². The number of hydrogen-bond acceptors (Lipinski definition) is 3. The summed E-state index contributed by atoms with van der Waals surface area (Å²) in [5.74, 6) is -0.831. The Morgan fingerprint density at radius 3 is 2.52 bits per heavy atom. The third-order valence-corrected chi connectivity index (χ3v) is 4.46. The van der Waals surface area contributed by atoms with Crippen LogP contribution in [0.5, 0.6) is 0 Å². The van der Waals surface area contributed by atoms with Gasteiger partial charge in [-0.05, 0) is 37.1 Å². The fraction of sp³-hybridized carbons (Fsp3) is 0.150. The third-order valence-electron chi connectivity index (χ3n) is 4.46. The molecule has 1 heterocycles. The summed E-state index contributed by atoms with van der Waals surface area (Å²) in [6.45, 7) is 0. The Morgan fingerprint density at radius 1 is 0.926 bits per heavy atom. The summed E-state index contributed by atoms with van der Waals surface area (Å²) < 4.78 is 0. The minimum Gasteiger partial charge on any atom is -0.360 e. The second-order valence-corrected chi connectivity index (χ2v) is 6.50. The van der Waals surface area contributed by atoms with Gasteiger partial charge < -0.3 is 10.3 Å². The van der Waals surface area contributed by atoms with Gasteiger partial charge in [0.1, 0.15) is 0 Å². The average molecular weight is 362 g/mol. The topological polar surface area (TPSA) is 103 Å². The van der Waals surface area contributed by atoms with E-state index in [1.54, 1.807) is 30.5 Å². The molecule has 3 aromatic rings. The van der Waals surface area contributed by atoms with Crippen molar-refractivity contribution in [2.75, 3.05) is 5.32 Å². The van der Waals surface area contributed by atoms with Gasteiger partial charge in [0.2, 0.25) is 5.91 Å². The van der Waals surface area contributed by atoms with E-state index in [0.29, 0.717) is 16.8 Å². The van der Waals surface area contributed by atoms with Crippen LogP contribution in [0.25, 0.3) is 10.9 Å². The van der Waals surface area contributed by atoms with Gasteiger partial charge in [0.05, 0.1) is 5.56 Å². The Morgan fingerprint density at radius 2 is 1.70 bits per heavy atom. The maximum Gasteiger partial charge on any atom is 0.271 e. The molecule has 4 rings (SSSR count). The number of carbonyl (C=O) groups is 3. The zero-order valence-corrected chi connectivity index (χ0v) is 14.4. The summed E-state index contributed by atoms with van der Waals surface area (Å²) in [6.07, 6.45) is 3.41. The third kappa shape index (κ3) is 3.67. The van der Waals surface area contributed by atoms with Gasteiger partial charge in [-0.1, -0.05) is 24.3 Å². The van der Waals surface area contributed by atoms with E-state index < -0.39 is 11.8 Å². The summed E-state index contributed by atoms with van der Waals surface area (Å²) in [6, 6.07) is 14.0. The van der Waals surface area contributed by atoms with Crippen molar-refractivity contribution in [3.63, 3.8) is 0 Å². The molecule has 1 aromatic heterocycles. The molecule has 1 fully saturated rings. The predicted octanol–water partition coefficient (Wildman–Crippen LogP) is 2.59. The van der Waals surface area contributed by atoms with Crippen molar-refractivity contribution in [2.24, 2.45) is 5.92 Å². The standard InChI is InChI=1S/C20H18N4O3/c25-18(12-8-9-12)22-14-5-3-4-13(10-14)19(26)23-24-20(27)16-11-21-17-7-2-1-6-15(16)17/h1-7,10-12,21H,8-9H2,(H,22,25)(H,23,26)(H,24,27).